The minimum absolute atomic E-state index is 0.0994. The zero-order chi connectivity index (χ0) is 23.7. The molecule has 0 radical (unpaired) electrons. The standard InChI is InChI=1S/C25H34N2O5S/c1-3-31-23-13-10-21(18-24(23)32-4-2)14-15-26-25(28)19-20-8-11-22(12-9-20)33(29,30)27-16-6-5-7-17-27/h8-13,18H,3-7,14-17,19H2,1-2H3,(H,26,28). The molecule has 3 rings (SSSR count). The van der Waals surface area contributed by atoms with Crippen LogP contribution >= 0.6 is 0 Å². The molecule has 0 bridgehead atoms. The Hall–Kier alpha value is -2.58. The zero-order valence-corrected chi connectivity index (χ0v) is 20.3. The summed E-state index contributed by atoms with van der Waals surface area (Å²) in [4.78, 5) is 12.6. The van der Waals surface area contributed by atoms with Gasteiger partial charge in [-0.2, -0.15) is 4.31 Å². The van der Waals surface area contributed by atoms with Crippen molar-refractivity contribution in [2.24, 2.45) is 0 Å². The Morgan fingerprint density at radius 3 is 2.21 bits per heavy atom. The third-order valence-electron chi connectivity index (χ3n) is 5.58. The normalized spacial score (nSPS) is 14.6. The van der Waals surface area contributed by atoms with Gasteiger partial charge in [0.1, 0.15) is 0 Å². The Balaban J connectivity index is 1.50. The molecule has 0 aliphatic carbocycles. The lowest BCUT2D eigenvalue weighted by atomic mass is 10.1. The van der Waals surface area contributed by atoms with E-state index in [9.17, 15) is 13.2 Å². The third-order valence-corrected chi connectivity index (χ3v) is 7.50. The Morgan fingerprint density at radius 2 is 1.55 bits per heavy atom. The van der Waals surface area contributed by atoms with Crippen LogP contribution in [0.1, 0.15) is 44.2 Å². The van der Waals surface area contributed by atoms with Crippen LogP contribution in [-0.2, 0) is 27.7 Å². The molecule has 1 aliphatic heterocycles. The van der Waals surface area contributed by atoms with E-state index in [0.29, 0.717) is 45.0 Å². The van der Waals surface area contributed by atoms with Gasteiger partial charge < -0.3 is 14.8 Å². The lowest BCUT2D eigenvalue weighted by Gasteiger charge is -2.25. The van der Waals surface area contributed by atoms with Crippen LogP contribution in [0, 0.1) is 0 Å². The van der Waals surface area contributed by atoms with Crippen LogP contribution in [0.15, 0.2) is 47.4 Å². The van der Waals surface area contributed by atoms with Crippen molar-refractivity contribution in [1.29, 1.82) is 0 Å². The number of benzene rings is 2. The summed E-state index contributed by atoms with van der Waals surface area (Å²) >= 11 is 0. The van der Waals surface area contributed by atoms with E-state index in [1.54, 1.807) is 28.6 Å². The van der Waals surface area contributed by atoms with Crippen molar-refractivity contribution in [2.75, 3.05) is 32.8 Å². The fourth-order valence-electron chi connectivity index (χ4n) is 3.88. The number of carbonyl (C=O) groups excluding carboxylic acids is 1. The fourth-order valence-corrected chi connectivity index (χ4v) is 5.40. The molecule has 0 saturated carbocycles. The summed E-state index contributed by atoms with van der Waals surface area (Å²) in [7, 11) is -3.45. The molecule has 33 heavy (non-hydrogen) atoms. The van der Waals surface area contributed by atoms with Crippen LogP contribution < -0.4 is 14.8 Å². The summed E-state index contributed by atoms with van der Waals surface area (Å²) in [5, 5.41) is 2.93. The van der Waals surface area contributed by atoms with Gasteiger partial charge in [-0.25, -0.2) is 8.42 Å². The molecule has 0 unspecified atom stereocenters. The van der Waals surface area contributed by atoms with Gasteiger partial charge >= 0.3 is 0 Å². The minimum Gasteiger partial charge on any atom is -0.490 e. The molecule has 1 N–H and O–H groups in total. The molecular weight excluding hydrogens is 440 g/mol. The summed E-state index contributed by atoms with van der Waals surface area (Å²) in [6.45, 7) is 6.64. The molecule has 8 heteroatoms. The number of ether oxygens (including phenoxy) is 2. The van der Waals surface area contributed by atoms with Gasteiger partial charge in [0, 0.05) is 19.6 Å². The SMILES string of the molecule is CCOc1ccc(CCNC(=O)Cc2ccc(S(=O)(=O)N3CCCCC3)cc2)cc1OCC. The van der Waals surface area contributed by atoms with Gasteiger partial charge in [0.2, 0.25) is 15.9 Å². The Labute approximate surface area is 197 Å². The van der Waals surface area contributed by atoms with E-state index in [4.69, 9.17) is 9.47 Å². The number of nitrogens with one attached hydrogen (secondary N) is 1. The number of rotatable bonds is 11. The number of nitrogens with zero attached hydrogens (tertiary/aromatic N) is 1. The maximum atomic E-state index is 12.7. The van der Waals surface area contributed by atoms with Crippen LogP contribution in [0.2, 0.25) is 0 Å². The van der Waals surface area contributed by atoms with E-state index in [-0.39, 0.29) is 17.2 Å². The van der Waals surface area contributed by atoms with E-state index in [1.807, 2.05) is 32.0 Å². The van der Waals surface area contributed by atoms with Crippen LogP contribution in [0.3, 0.4) is 0 Å². The highest BCUT2D eigenvalue weighted by Crippen LogP contribution is 2.28. The Kier molecular flexibility index (Phi) is 9.14. The van der Waals surface area contributed by atoms with Crippen molar-refractivity contribution in [3.63, 3.8) is 0 Å². The number of amides is 1. The average molecular weight is 475 g/mol. The van der Waals surface area contributed by atoms with Crippen molar-refractivity contribution in [3.8, 4) is 11.5 Å². The number of hydrogen-bond donors (Lipinski definition) is 1. The highest BCUT2D eigenvalue weighted by atomic mass is 32.2. The predicted molar refractivity (Wildman–Crippen MR) is 128 cm³/mol. The van der Waals surface area contributed by atoms with Crippen LogP contribution in [-0.4, -0.2) is 51.5 Å². The Morgan fingerprint density at radius 1 is 0.909 bits per heavy atom. The summed E-state index contributed by atoms with van der Waals surface area (Å²) in [5.74, 6) is 1.33. The first-order valence-electron chi connectivity index (χ1n) is 11.7. The van der Waals surface area contributed by atoms with E-state index >= 15 is 0 Å². The fraction of sp³-hybridized carbons (Fsp3) is 0.480. The van der Waals surface area contributed by atoms with Crippen LogP contribution in [0.25, 0.3) is 0 Å². The van der Waals surface area contributed by atoms with Gasteiger partial charge in [0.25, 0.3) is 0 Å². The zero-order valence-electron chi connectivity index (χ0n) is 19.5. The largest absolute Gasteiger partial charge is 0.490 e. The first-order chi connectivity index (χ1) is 15.9. The first-order valence-corrected chi connectivity index (χ1v) is 13.1. The molecule has 2 aromatic carbocycles. The lowest BCUT2D eigenvalue weighted by Crippen LogP contribution is -2.35. The third kappa shape index (κ3) is 6.95. The molecule has 1 saturated heterocycles. The summed E-state index contributed by atoms with van der Waals surface area (Å²) < 4.78 is 38.3. The van der Waals surface area contributed by atoms with Gasteiger partial charge in [-0.1, -0.05) is 24.6 Å². The van der Waals surface area contributed by atoms with Gasteiger partial charge in [0.15, 0.2) is 11.5 Å². The van der Waals surface area contributed by atoms with Crippen molar-refractivity contribution >= 4 is 15.9 Å². The highest BCUT2D eigenvalue weighted by molar-refractivity contribution is 7.89. The van der Waals surface area contributed by atoms with E-state index < -0.39 is 10.0 Å². The van der Waals surface area contributed by atoms with Gasteiger partial charge in [0.05, 0.1) is 24.5 Å². The first kappa shape index (κ1) is 25.1. The minimum atomic E-state index is -3.45. The van der Waals surface area contributed by atoms with Gasteiger partial charge in [-0.15, -0.1) is 0 Å². The lowest BCUT2D eigenvalue weighted by molar-refractivity contribution is -0.120. The molecule has 1 heterocycles. The van der Waals surface area contributed by atoms with Crippen LogP contribution in [0.4, 0.5) is 0 Å². The highest BCUT2D eigenvalue weighted by Gasteiger charge is 2.25. The molecule has 1 fully saturated rings. The second-order valence-electron chi connectivity index (χ2n) is 8.03. The smallest absolute Gasteiger partial charge is 0.243 e. The summed E-state index contributed by atoms with van der Waals surface area (Å²) in [5.41, 5.74) is 1.83. The number of sulfonamides is 1. The van der Waals surface area contributed by atoms with E-state index in [1.165, 1.54) is 0 Å². The van der Waals surface area contributed by atoms with Crippen molar-refractivity contribution in [3.05, 3.63) is 53.6 Å². The number of piperidine rings is 1. The molecule has 1 amide bonds. The van der Waals surface area contributed by atoms with E-state index in [0.717, 1.165) is 36.1 Å². The maximum absolute atomic E-state index is 12.7. The predicted octanol–water partition coefficient (Wildman–Crippen LogP) is 3.56. The van der Waals surface area contributed by atoms with Gasteiger partial charge in [-0.05, 0) is 68.5 Å². The Bertz CT molecular complexity index is 1020. The summed E-state index contributed by atoms with van der Waals surface area (Å²) in [6, 6.07) is 12.5. The molecule has 7 nitrogen and oxygen atoms in total. The molecule has 0 spiro atoms. The molecule has 180 valence electrons. The van der Waals surface area contributed by atoms with Crippen molar-refractivity contribution < 1.29 is 22.7 Å². The molecular formula is C25H34N2O5S. The molecule has 0 atom stereocenters. The van der Waals surface area contributed by atoms with E-state index in [2.05, 4.69) is 5.32 Å². The second kappa shape index (κ2) is 12.0. The quantitative estimate of drug-likeness (QED) is 0.538. The maximum Gasteiger partial charge on any atom is 0.243 e. The van der Waals surface area contributed by atoms with Crippen LogP contribution in [0.5, 0.6) is 11.5 Å². The molecule has 1 aliphatic rings. The van der Waals surface area contributed by atoms with Crippen molar-refractivity contribution in [2.45, 2.75) is 50.8 Å². The topological polar surface area (TPSA) is 84.9 Å². The molecule has 0 aromatic heterocycles. The summed E-state index contributed by atoms with van der Waals surface area (Å²) in [6.07, 6.45) is 3.76. The number of hydrogen-bond acceptors (Lipinski definition) is 5. The second-order valence-corrected chi connectivity index (χ2v) is 9.97. The van der Waals surface area contributed by atoms with Crippen molar-refractivity contribution in [1.82, 2.24) is 9.62 Å². The van der Waals surface area contributed by atoms with Gasteiger partial charge in [-0.3, -0.25) is 4.79 Å². The average Bonchev–Trinajstić information content (AvgIpc) is 2.82. The monoisotopic (exact) mass is 474 g/mol. The molecule has 2 aromatic rings. The number of carbonyl (C=O) groups is 1.